The van der Waals surface area contributed by atoms with Crippen LogP contribution < -0.4 is 10.1 Å². The van der Waals surface area contributed by atoms with Gasteiger partial charge in [-0.3, -0.25) is 14.9 Å². The number of nitrogens with one attached hydrogen (secondary N) is 1. The summed E-state index contributed by atoms with van der Waals surface area (Å²) in [4.78, 5) is 34.1. The molecule has 0 saturated heterocycles. The van der Waals surface area contributed by atoms with E-state index in [2.05, 4.69) is 5.32 Å². The van der Waals surface area contributed by atoms with Crippen LogP contribution in [0.25, 0.3) is 0 Å². The van der Waals surface area contributed by atoms with Crippen LogP contribution in [0.4, 0.5) is 11.4 Å². The lowest BCUT2D eigenvalue weighted by Crippen LogP contribution is -2.21. The van der Waals surface area contributed by atoms with E-state index < -0.39 is 23.4 Å². The van der Waals surface area contributed by atoms with Gasteiger partial charge in [-0.05, 0) is 50.2 Å². The molecular formula is C18H18N2O6. The van der Waals surface area contributed by atoms with E-state index in [1.807, 2.05) is 6.92 Å². The number of carbonyl (C=O) groups excluding carboxylic acids is 2. The zero-order valence-electron chi connectivity index (χ0n) is 14.4. The third-order valence-corrected chi connectivity index (χ3v) is 3.41. The molecule has 2 aromatic rings. The van der Waals surface area contributed by atoms with Crippen molar-refractivity contribution in [1.29, 1.82) is 0 Å². The molecule has 2 rings (SSSR count). The van der Waals surface area contributed by atoms with Crippen LogP contribution in [-0.4, -0.2) is 30.0 Å². The molecule has 1 amide bonds. The Morgan fingerprint density at radius 3 is 2.42 bits per heavy atom. The molecule has 8 nitrogen and oxygen atoms in total. The summed E-state index contributed by atoms with van der Waals surface area (Å²) in [6.45, 7) is 3.47. The molecule has 8 heteroatoms. The van der Waals surface area contributed by atoms with E-state index in [1.54, 1.807) is 24.3 Å². The van der Waals surface area contributed by atoms with Crippen molar-refractivity contribution in [1.82, 2.24) is 0 Å². The summed E-state index contributed by atoms with van der Waals surface area (Å²) in [5, 5.41) is 13.4. The maximum Gasteiger partial charge on any atom is 0.338 e. The highest BCUT2D eigenvalue weighted by atomic mass is 16.6. The van der Waals surface area contributed by atoms with Crippen LogP contribution in [0.15, 0.2) is 42.5 Å². The molecule has 0 unspecified atom stereocenters. The lowest BCUT2D eigenvalue weighted by Gasteiger charge is -2.08. The minimum Gasteiger partial charge on any atom is -0.494 e. The Bertz CT molecular complexity index is 817. The van der Waals surface area contributed by atoms with Gasteiger partial charge < -0.3 is 14.8 Å². The summed E-state index contributed by atoms with van der Waals surface area (Å²) in [5.74, 6) is -0.545. The number of nitro benzene ring substituents is 1. The van der Waals surface area contributed by atoms with Crippen LogP contribution in [0, 0.1) is 17.0 Å². The van der Waals surface area contributed by atoms with Gasteiger partial charge in [0.2, 0.25) is 0 Å². The van der Waals surface area contributed by atoms with Crippen molar-refractivity contribution in [3.05, 3.63) is 63.7 Å². The number of nitrogens with zero attached hydrogens (tertiary/aromatic N) is 1. The number of rotatable bonds is 7. The number of nitro groups is 1. The fraction of sp³-hybridized carbons (Fsp3) is 0.222. The number of carbonyl (C=O) groups is 2. The molecule has 0 spiro atoms. The first-order chi connectivity index (χ1) is 12.4. The third-order valence-electron chi connectivity index (χ3n) is 3.41. The van der Waals surface area contributed by atoms with Crippen LogP contribution in [0.5, 0.6) is 5.75 Å². The second-order valence-electron chi connectivity index (χ2n) is 5.34. The molecule has 26 heavy (non-hydrogen) atoms. The number of aryl methyl sites for hydroxylation is 1. The van der Waals surface area contributed by atoms with Crippen molar-refractivity contribution in [3.63, 3.8) is 0 Å². The molecule has 1 N–H and O–H groups in total. The number of hydrogen-bond acceptors (Lipinski definition) is 6. The fourth-order valence-electron chi connectivity index (χ4n) is 2.20. The van der Waals surface area contributed by atoms with Gasteiger partial charge in [0.25, 0.3) is 11.6 Å². The zero-order chi connectivity index (χ0) is 19.1. The number of amides is 1. The normalized spacial score (nSPS) is 10.1. The highest BCUT2D eigenvalue weighted by molar-refractivity contribution is 5.95. The van der Waals surface area contributed by atoms with Crippen LogP contribution in [-0.2, 0) is 9.53 Å². The van der Waals surface area contributed by atoms with Gasteiger partial charge in [-0.15, -0.1) is 0 Å². The topological polar surface area (TPSA) is 108 Å². The average molecular weight is 358 g/mol. The summed E-state index contributed by atoms with van der Waals surface area (Å²) >= 11 is 0. The first-order valence-corrected chi connectivity index (χ1v) is 7.85. The van der Waals surface area contributed by atoms with Gasteiger partial charge in [-0.2, -0.15) is 0 Å². The maximum atomic E-state index is 12.0. The van der Waals surface area contributed by atoms with E-state index in [1.165, 1.54) is 25.1 Å². The molecule has 0 fully saturated rings. The zero-order valence-corrected chi connectivity index (χ0v) is 14.4. The second kappa shape index (κ2) is 8.61. The fourth-order valence-corrected chi connectivity index (χ4v) is 2.20. The van der Waals surface area contributed by atoms with Crippen LogP contribution >= 0.6 is 0 Å². The van der Waals surface area contributed by atoms with E-state index in [9.17, 15) is 19.7 Å². The Labute approximate surface area is 149 Å². The van der Waals surface area contributed by atoms with Crippen LogP contribution in [0.2, 0.25) is 0 Å². The molecule has 0 aliphatic heterocycles. The van der Waals surface area contributed by atoms with Crippen molar-refractivity contribution >= 4 is 23.3 Å². The molecule has 136 valence electrons. The summed E-state index contributed by atoms with van der Waals surface area (Å²) < 4.78 is 10.2. The first kappa shape index (κ1) is 18.9. The number of benzene rings is 2. The van der Waals surface area contributed by atoms with Crippen molar-refractivity contribution in [2.24, 2.45) is 0 Å². The lowest BCUT2D eigenvalue weighted by molar-refractivity contribution is -0.385. The average Bonchev–Trinajstić information content (AvgIpc) is 2.61. The van der Waals surface area contributed by atoms with E-state index in [4.69, 9.17) is 9.47 Å². The highest BCUT2D eigenvalue weighted by Gasteiger charge is 2.15. The SMILES string of the molecule is CCOc1ccc(NC(=O)COC(=O)c2ccc([N+](=O)[O-])c(C)c2)cc1. The minimum absolute atomic E-state index is 0.0882. The molecular weight excluding hydrogens is 340 g/mol. The van der Waals surface area contributed by atoms with Crippen LogP contribution in [0.3, 0.4) is 0 Å². The molecule has 0 bridgehead atoms. The molecule has 0 radical (unpaired) electrons. The quantitative estimate of drug-likeness (QED) is 0.463. The summed E-state index contributed by atoms with van der Waals surface area (Å²) in [7, 11) is 0. The van der Waals surface area contributed by atoms with Gasteiger partial charge in [-0.25, -0.2) is 4.79 Å². The Balaban J connectivity index is 1.89. The number of hydrogen-bond donors (Lipinski definition) is 1. The van der Waals surface area contributed by atoms with E-state index in [0.717, 1.165) is 0 Å². The Kier molecular flexibility index (Phi) is 6.26. The Morgan fingerprint density at radius 2 is 1.85 bits per heavy atom. The number of esters is 1. The van der Waals surface area contributed by atoms with Gasteiger partial charge >= 0.3 is 5.97 Å². The smallest absolute Gasteiger partial charge is 0.338 e. The minimum atomic E-state index is -0.732. The molecule has 0 aliphatic rings. The van der Waals surface area contributed by atoms with Crippen molar-refractivity contribution in [2.75, 3.05) is 18.5 Å². The Hall–Kier alpha value is -3.42. The summed E-state index contributed by atoms with van der Waals surface area (Å²) in [5.41, 5.74) is 0.931. The van der Waals surface area contributed by atoms with Crippen molar-refractivity contribution in [3.8, 4) is 5.75 Å². The van der Waals surface area contributed by atoms with E-state index in [-0.39, 0.29) is 11.3 Å². The van der Waals surface area contributed by atoms with Gasteiger partial charge in [-0.1, -0.05) is 0 Å². The third kappa shape index (κ3) is 5.04. The van der Waals surface area contributed by atoms with E-state index in [0.29, 0.717) is 23.6 Å². The predicted octanol–water partition coefficient (Wildman–Crippen LogP) is 3.10. The molecule has 0 heterocycles. The van der Waals surface area contributed by atoms with Crippen molar-refractivity contribution < 1.29 is 24.0 Å². The summed E-state index contributed by atoms with van der Waals surface area (Å²) in [6.07, 6.45) is 0. The highest BCUT2D eigenvalue weighted by Crippen LogP contribution is 2.19. The molecule has 0 aromatic heterocycles. The van der Waals surface area contributed by atoms with Gasteiger partial charge in [0, 0.05) is 17.3 Å². The monoisotopic (exact) mass is 358 g/mol. The van der Waals surface area contributed by atoms with Crippen molar-refractivity contribution in [2.45, 2.75) is 13.8 Å². The molecule has 0 atom stereocenters. The molecule has 0 saturated carbocycles. The van der Waals surface area contributed by atoms with Crippen LogP contribution in [0.1, 0.15) is 22.8 Å². The summed E-state index contributed by atoms with van der Waals surface area (Å²) in [6, 6.07) is 10.6. The molecule has 0 aliphatic carbocycles. The van der Waals surface area contributed by atoms with Gasteiger partial charge in [0.15, 0.2) is 6.61 Å². The first-order valence-electron chi connectivity index (χ1n) is 7.85. The standard InChI is InChI=1S/C18H18N2O6/c1-3-25-15-7-5-14(6-8-15)19-17(21)11-26-18(22)13-4-9-16(20(23)24)12(2)10-13/h4-10H,3,11H2,1-2H3,(H,19,21). The second-order valence-corrected chi connectivity index (χ2v) is 5.34. The maximum absolute atomic E-state index is 12.0. The van der Waals surface area contributed by atoms with Gasteiger partial charge in [0.1, 0.15) is 5.75 Å². The predicted molar refractivity (Wildman–Crippen MR) is 94.4 cm³/mol. The lowest BCUT2D eigenvalue weighted by atomic mass is 10.1. The molecule has 2 aromatic carbocycles. The number of ether oxygens (including phenoxy) is 2. The number of anilines is 1. The largest absolute Gasteiger partial charge is 0.494 e. The Morgan fingerprint density at radius 1 is 1.15 bits per heavy atom. The van der Waals surface area contributed by atoms with Gasteiger partial charge in [0.05, 0.1) is 17.1 Å². The van der Waals surface area contributed by atoms with E-state index >= 15 is 0 Å².